The van der Waals surface area contributed by atoms with E-state index in [9.17, 15) is 4.79 Å². The summed E-state index contributed by atoms with van der Waals surface area (Å²) in [7, 11) is 0. The number of rotatable bonds is 6. The Bertz CT molecular complexity index is 422. The second kappa shape index (κ2) is 4.96. The molecule has 1 aromatic rings. The quantitative estimate of drug-likeness (QED) is 0.716. The van der Waals surface area contributed by atoms with E-state index in [1.54, 1.807) is 6.92 Å². The van der Waals surface area contributed by atoms with E-state index < -0.39 is 5.41 Å². The molecule has 0 atom stereocenters. The summed E-state index contributed by atoms with van der Waals surface area (Å²) in [6.45, 7) is 7.83. The molecule has 0 aliphatic heterocycles. The Kier molecular flexibility index (Phi) is 3.54. The van der Waals surface area contributed by atoms with Crippen LogP contribution in [0.15, 0.2) is 4.52 Å². The van der Waals surface area contributed by atoms with E-state index in [0.29, 0.717) is 18.4 Å². The van der Waals surface area contributed by atoms with Gasteiger partial charge in [0, 0.05) is 13.1 Å². The monoisotopic (exact) mass is 253 g/mol. The number of carbonyl (C=O) groups is 1. The minimum Gasteiger partial charge on any atom is -0.465 e. The average Bonchev–Trinajstić information content (AvgIpc) is 3.05. The molecule has 0 N–H and O–H groups in total. The number of nitrogens with zero attached hydrogens (tertiary/aromatic N) is 3. The van der Waals surface area contributed by atoms with Crippen LogP contribution >= 0.6 is 0 Å². The molecule has 18 heavy (non-hydrogen) atoms. The minimum absolute atomic E-state index is 0.250. The molecule has 1 aromatic heterocycles. The van der Waals surface area contributed by atoms with E-state index in [1.807, 2.05) is 18.7 Å². The molecule has 1 aliphatic carbocycles. The van der Waals surface area contributed by atoms with Crippen molar-refractivity contribution in [3.63, 3.8) is 0 Å². The first kappa shape index (κ1) is 12.9. The lowest BCUT2D eigenvalue weighted by Gasteiger charge is -2.14. The van der Waals surface area contributed by atoms with Gasteiger partial charge in [-0.1, -0.05) is 0 Å². The predicted molar refractivity (Wildman–Crippen MR) is 65.4 cm³/mol. The maximum absolute atomic E-state index is 11.9. The Hall–Kier alpha value is -1.59. The molecule has 2 rings (SSSR count). The summed E-state index contributed by atoms with van der Waals surface area (Å²) in [4.78, 5) is 18.2. The second-order valence-corrected chi connectivity index (χ2v) is 4.37. The van der Waals surface area contributed by atoms with Gasteiger partial charge in [-0.15, -0.1) is 0 Å². The molecular weight excluding hydrogens is 234 g/mol. The van der Waals surface area contributed by atoms with Gasteiger partial charge in [0.2, 0.25) is 5.89 Å². The maximum Gasteiger partial charge on any atom is 0.321 e. The highest BCUT2D eigenvalue weighted by atomic mass is 16.5. The van der Waals surface area contributed by atoms with Crippen molar-refractivity contribution in [2.75, 3.05) is 24.6 Å². The molecule has 1 saturated carbocycles. The van der Waals surface area contributed by atoms with E-state index >= 15 is 0 Å². The van der Waals surface area contributed by atoms with Gasteiger partial charge in [-0.25, -0.2) is 0 Å². The fraction of sp³-hybridized carbons (Fsp3) is 0.750. The number of hydrogen-bond acceptors (Lipinski definition) is 6. The van der Waals surface area contributed by atoms with Crippen LogP contribution in [0.1, 0.15) is 39.5 Å². The van der Waals surface area contributed by atoms with Gasteiger partial charge >= 0.3 is 5.97 Å². The third-order valence-electron chi connectivity index (χ3n) is 3.29. The predicted octanol–water partition coefficient (Wildman–Crippen LogP) is 1.51. The van der Waals surface area contributed by atoms with Gasteiger partial charge in [-0.05, 0) is 38.8 Å². The lowest BCUT2D eigenvalue weighted by molar-refractivity contribution is -0.146. The Morgan fingerprint density at radius 3 is 2.56 bits per heavy atom. The summed E-state index contributed by atoms with van der Waals surface area (Å²) in [5.74, 6) is 0.688. The lowest BCUT2D eigenvalue weighted by atomic mass is 10.1. The molecule has 1 heterocycles. The molecule has 0 radical (unpaired) electrons. The van der Waals surface area contributed by atoms with Crippen LogP contribution in [-0.4, -0.2) is 35.8 Å². The number of anilines is 1. The van der Waals surface area contributed by atoms with Gasteiger partial charge < -0.3 is 14.2 Å². The zero-order valence-corrected chi connectivity index (χ0v) is 11.1. The summed E-state index contributed by atoms with van der Waals surface area (Å²) in [5, 5.41) is 3.94. The summed E-state index contributed by atoms with van der Waals surface area (Å²) >= 11 is 0. The Morgan fingerprint density at radius 2 is 2.06 bits per heavy atom. The Labute approximate surface area is 106 Å². The third-order valence-corrected chi connectivity index (χ3v) is 3.29. The van der Waals surface area contributed by atoms with Crippen molar-refractivity contribution in [1.29, 1.82) is 0 Å². The van der Waals surface area contributed by atoms with Crippen LogP contribution in [0.25, 0.3) is 0 Å². The van der Waals surface area contributed by atoms with Crippen LogP contribution in [0.3, 0.4) is 0 Å². The maximum atomic E-state index is 11.9. The highest BCUT2D eigenvalue weighted by Crippen LogP contribution is 2.48. The van der Waals surface area contributed by atoms with Crippen molar-refractivity contribution < 1.29 is 14.1 Å². The van der Waals surface area contributed by atoms with Gasteiger partial charge in [-0.3, -0.25) is 4.79 Å². The Balaban J connectivity index is 2.17. The molecule has 0 unspecified atom stereocenters. The van der Waals surface area contributed by atoms with Crippen LogP contribution in [-0.2, 0) is 14.9 Å². The fourth-order valence-electron chi connectivity index (χ4n) is 1.94. The van der Waals surface area contributed by atoms with Crippen LogP contribution in [0.4, 0.5) is 5.95 Å². The van der Waals surface area contributed by atoms with Crippen LogP contribution in [0.2, 0.25) is 0 Å². The number of hydrogen-bond donors (Lipinski definition) is 0. The highest BCUT2D eigenvalue weighted by Gasteiger charge is 2.57. The number of ether oxygens (including phenoxy) is 1. The highest BCUT2D eigenvalue weighted by molar-refractivity contribution is 5.85. The molecule has 0 amide bonds. The van der Waals surface area contributed by atoms with Crippen molar-refractivity contribution >= 4 is 11.9 Å². The average molecular weight is 253 g/mol. The molecule has 0 bridgehead atoms. The zero-order chi connectivity index (χ0) is 13.2. The standard InChI is InChI=1S/C12H19N3O3/c1-4-15(5-2)11-13-9(18-14-11)12(7-8-12)10(16)17-6-3/h4-8H2,1-3H3. The van der Waals surface area contributed by atoms with Gasteiger partial charge in [0.1, 0.15) is 5.41 Å². The molecular formula is C12H19N3O3. The first-order chi connectivity index (χ1) is 8.67. The normalized spacial score (nSPS) is 16.4. The molecule has 6 heteroatoms. The first-order valence-corrected chi connectivity index (χ1v) is 6.44. The van der Waals surface area contributed by atoms with Crippen molar-refractivity contribution in [1.82, 2.24) is 10.1 Å². The second-order valence-electron chi connectivity index (χ2n) is 4.37. The smallest absolute Gasteiger partial charge is 0.321 e. The minimum atomic E-state index is -0.672. The van der Waals surface area contributed by atoms with Crippen LogP contribution in [0, 0.1) is 0 Å². The number of aromatic nitrogens is 2. The molecule has 100 valence electrons. The SMILES string of the molecule is CCOC(=O)C1(c2nc(N(CC)CC)no2)CC1. The summed E-state index contributed by atoms with van der Waals surface area (Å²) in [6.07, 6.45) is 1.46. The molecule has 6 nitrogen and oxygen atoms in total. The molecule has 0 aromatic carbocycles. The number of esters is 1. The zero-order valence-electron chi connectivity index (χ0n) is 11.1. The van der Waals surface area contributed by atoms with Gasteiger partial charge in [-0.2, -0.15) is 4.98 Å². The van der Waals surface area contributed by atoms with Crippen LogP contribution < -0.4 is 4.90 Å². The summed E-state index contributed by atoms with van der Waals surface area (Å²) in [6, 6.07) is 0. The van der Waals surface area contributed by atoms with Crippen molar-refractivity contribution in [3.05, 3.63) is 5.89 Å². The van der Waals surface area contributed by atoms with Gasteiger partial charge in [0.15, 0.2) is 0 Å². The summed E-state index contributed by atoms with van der Waals surface area (Å²) in [5.41, 5.74) is -0.672. The third kappa shape index (κ3) is 2.07. The van der Waals surface area contributed by atoms with Crippen molar-refractivity contribution in [2.45, 2.75) is 39.0 Å². The van der Waals surface area contributed by atoms with E-state index in [1.165, 1.54) is 0 Å². The Morgan fingerprint density at radius 1 is 1.39 bits per heavy atom. The molecule has 1 fully saturated rings. The van der Waals surface area contributed by atoms with Crippen LogP contribution in [0.5, 0.6) is 0 Å². The van der Waals surface area contributed by atoms with E-state index in [0.717, 1.165) is 25.9 Å². The van der Waals surface area contributed by atoms with E-state index in [4.69, 9.17) is 9.26 Å². The topological polar surface area (TPSA) is 68.5 Å². The van der Waals surface area contributed by atoms with E-state index in [2.05, 4.69) is 10.1 Å². The van der Waals surface area contributed by atoms with Crippen molar-refractivity contribution in [3.8, 4) is 0 Å². The van der Waals surface area contributed by atoms with E-state index in [-0.39, 0.29) is 5.97 Å². The fourth-order valence-corrected chi connectivity index (χ4v) is 1.94. The van der Waals surface area contributed by atoms with Gasteiger partial charge in [0.05, 0.1) is 6.61 Å². The lowest BCUT2D eigenvalue weighted by Crippen LogP contribution is -2.25. The molecule has 1 aliphatic rings. The van der Waals surface area contributed by atoms with Crippen molar-refractivity contribution in [2.24, 2.45) is 0 Å². The summed E-state index contributed by atoms with van der Waals surface area (Å²) < 4.78 is 10.3. The largest absolute Gasteiger partial charge is 0.465 e. The molecule has 0 spiro atoms. The van der Waals surface area contributed by atoms with Gasteiger partial charge in [0.25, 0.3) is 5.95 Å². The molecule has 0 saturated heterocycles. The first-order valence-electron chi connectivity index (χ1n) is 6.44. The number of carbonyl (C=O) groups excluding carboxylic acids is 1.